The van der Waals surface area contributed by atoms with Gasteiger partial charge in [-0.1, -0.05) is 75.2 Å². The SMILES string of the molecule is CCCC[C@H](O)[C@@H](CC)C(=O)N[C@H]1N=C(c2ccccc2)c2ccccc2N(C)C1=O. The average molecular weight is 422 g/mol. The molecule has 6 heteroatoms. The number of benzodiazepines with no additional fused rings is 1. The van der Waals surface area contributed by atoms with Crippen LogP contribution in [-0.4, -0.2) is 41.9 Å². The first-order valence-electron chi connectivity index (χ1n) is 11.0. The van der Waals surface area contributed by atoms with Gasteiger partial charge in [0.05, 0.1) is 23.4 Å². The van der Waals surface area contributed by atoms with Crippen molar-refractivity contribution in [1.82, 2.24) is 5.32 Å². The van der Waals surface area contributed by atoms with Crippen LogP contribution in [0.5, 0.6) is 0 Å². The molecule has 0 unspecified atom stereocenters. The number of hydrogen-bond donors (Lipinski definition) is 2. The van der Waals surface area contributed by atoms with E-state index >= 15 is 0 Å². The molecule has 3 atom stereocenters. The van der Waals surface area contributed by atoms with E-state index in [4.69, 9.17) is 4.99 Å². The topological polar surface area (TPSA) is 82.0 Å². The number of nitrogens with one attached hydrogen (secondary N) is 1. The van der Waals surface area contributed by atoms with Gasteiger partial charge in [-0.15, -0.1) is 0 Å². The molecule has 0 spiro atoms. The second-order valence-corrected chi connectivity index (χ2v) is 7.89. The molecule has 0 bridgehead atoms. The van der Waals surface area contributed by atoms with E-state index in [1.54, 1.807) is 7.05 Å². The number of hydrogen-bond acceptors (Lipinski definition) is 4. The summed E-state index contributed by atoms with van der Waals surface area (Å²) in [6, 6.07) is 17.2. The Morgan fingerprint density at radius 3 is 2.48 bits per heavy atom. The first kappa shape index (κ1) is 22.7. The first-order chi connectivity index (χ1) is 15.0. The summed E-state index contributed by atoms with van der Waals surface area (Å²) in [5.41, 5.74) is 3.09. The number of carbonyl (C=O) groups is 2. The number of anilines is 1. The normalized spacial score (nSPS) is 17.9. The van der Waals surface area contributed by atoms with Gasteiger partial charge in [0.1, 0.15) is 0 Å². The summed E-state index contributed by atoms with van der Waals surface area (Å²) in [5, 5.41) is 13.3. The smallest absolute Gasteiger partial charge is 0.272 e. The molecule has 3 rings (SSSR count). The molecule has 1 heterocycles. The lowest BCUT2D eigenvalue weighted by Crippen LogP contribution is -2.49. The number of aliphatic imine (C=N–C) groups is 1. The van der Waals surface area contributed by atoms with Gasteiger partial charge in [-0.25, -0.2) is 4.99 Å². The lowest BCUT2D eigenvalue weighted by Gasteiger charge is -2.24. The summed E-state index contributed by atoms with van der Waals surface area (Å²) in [6.07, 6.45) is 1.05. The summed E-state index contributed by atoms with van der Waals surface area (Å²) in [5.74, 6) is -1.24. The third-order valence-corrected chi connectivity index (χ3v) is 5.76. The molecule has 2 amide bonds. The molecule has 0 saturated heterocycles. The highest BCUT2D eigenvalue weighted by atomic mass is 16.3. The second-order valence-electron chi connectivity index (χ2n) is 7.89. The Hall–Kier alpha value is -2.99. The van der Waals surface area contributed by atoms with Gasteiger partial charge in [-0.05, 0) is 18.9 Å². The molecular weight excluding hydrogens is 390 g/mol. The molecule has 31 heavy (non-hydrogen) atoms. The van der Waals surface area contributed by atoms with Crippen LogP contribution in [0.25, 0.3) is 0 Å². The lowest BCUT2D eigenvalue weighted by molar-refractivity contribution is -0.132. The van der Waals surface area contributed by atoms with Crippen LogP contribution in [0.3, 0.4) is 0 Å². The molecular formula is C25H31N3O3. The van der Waals surface area contributed by atoms with Crippen molar-refractivity contribution in [2.24, 2.45) is 10.9 Å². The lowest BCUT2D eigenvalue weighted by atomic mass is 9.94. The molecule has 0 saturated carbocycles. The average Bonchev–Trinajstić information content (AvgIpc) is 2.89. The minimum absolute atomic E-state index is 0.315. The molecule has 0 aliphatic carbocycles. The van der Waals surface area contributed by atoms with Crippen molar-refractivity contribution in [2.45, 2.75) is 51.8 Å². The number of amides is 2. The number of aliphatic hydroxyl groups excluding tert-OH is 1. The van der Waals surface area contributed by atoms with E-state index in [-0.39, 0.29) is 11.8 Å². The molecule has 1 aliphatic heterocycles. The van der Waals surface area contributed by atoms with E-state index in [9.17, 15) is 14.7 Å². The van der Waals surface area contributed by atoms with Crippen molar-refractivity contribution < 1.29 is 14.7 Å². The Labute approximate surface area is 184 Å². The molecule has 2 aromatic carbocycles. The largest absolute Gasteiger partial charge is 0.392 e. The van der Waals surface area contributed by atoms with Crippen LogP contribution in [0.15, 0.2) is 59.6 Å². The minimum atomic E-state index is -1.06. The van der Waals surface area contributed by atoms with E-state index < -0.39 is 18.2 Å². The quantitative estimate of drug-likeness (QED) is 0.684. The van der Waals surface area contributed by atoms with Gasteiger partial charge >= 0.3 is 0 Å². The Bertz CT molecular complexity index is 942. The van der Waals surface area contributed by atoms with Crippen molar-refractivity contribution in [3.8, 4) is 0 Å². The maximum Gasteiger partial charge on any atom is 0.272 e. The summed E-state index contributed by atoms with van der Waals surface area (Å²) < 4.78 is 0. The minimum Gasteiger partial charge on any atom is -0.392 e. The number of nitrogens with zero attached hydrogens (tertiary/aromatic N) is 2. The van der Waals surface area contributed by atoms with E-state index in [1.807, 2.05) is 68.4 Å². The van der Waals surface area contributed by atoms with Crippen LogP contribution in [-0.2, 0) is 9.59 Å². The van der Waals surface area contributed by atoms with Crippen LogP contribution in [0, 0.1) is 5.92 Å². The molecule has 0 radical (unpaired) electrons. The van der Waals surface area contributed by atoms with Gasteiger partial charge in [-0.3, -0.25) is 9.59 Å². The Kier molecular flexibility index (Phi) is 7.58. The third kappa shape index (κ3) is 5.02. The number of likely N-dealkylation sites (N-methyl/N-ethyl adjacent to an activating group) is 1. The predicted molar refractivity (Wildman–Crippen MR) is 123 cm³/mol. The Morgan fingerprint density at radius 2 is 1.81 bits per heavy atom. The summed E-state index contributed by atoms with van der Waals surface area (Å²) >= 11 is 0. The van der Waals surface area contributed by atoms with Crippen molar-refractivity contribution in [1.29, 1.82) is 0 Å². The number of carbonyl (C=O) groups excluding carboxylic acids is 2. The summed E-state index contributed by atoms with van der Waals surface area (Å²) in [7, 11) is 1.69. The van der Waals surface area contributed by atoms with Gasteiger partial charge in [0.15, 0.2) is 0 Å². The highest BCUT2D eigenvalue weighted by Crippen LogP contribution is 2.27. The molecule has 2 aromatic rings. The van der Waals surface area contributed by atoms with Crippen LogP contribution >= 0.6 is 0 Å². The standard InChI is InChI=1S/C25H31N3O3/c1-4-6-16-21(29)18(5-2)24(30)27-23-25(31)28(3)20-15-11-10-14-19(20)22(26-23)17-12-8-7-9-13-17/h7-15,18,21,23,29H,4-6,16H2,1-3H3,(H,27,30)/t18-,21+,23-/m1/s1. The number of fused-ring (bicyclic) bond motifs is 1. The van der Waals surface area contributed by atoms with Crippen LogP contribution in [0.2, 0.25) is 0 Å². The third-order valence-electron chi connectivity index (χ3n) is 5.76. The molecule has 0 aromatic heterocycles. The number of benzene rings is 2. The van der Waals surface area contributed by atoms with E-state index in [0.29, 0.717) is 18.6 Å². The summed E-state index contributed by atoms with van der Waals surface area (Å²) in [4.78, 5) is 32.5. The molecule has 164 valence electrons. The molecule has 1 aliphatic rings. The molecule has 2 N–H and O–H groups in total. The van der Waals surface area contributed by atoms with Gasteiger partial charge in [0.25, 0.3) is 5.91 Å². The van der Waals surface area contributed by atoms with Gasteiger partial charge in [0, 0.05) is 18.2 Å². The fraction of sp³-hybridized carbons (Fsp3) is 0.400. The maximum absolute atomic E-state index is 13.2. The fourth-order valence-electron chi connectivity index (χ4n) is 3.93. The zero-order chi connectivity index (χ0) is 22.4. The van der Waals surface area contributed by atoms with Crippen molar-refractivity contribution in [3.05, 3.63) is 65.7 Å². The summed E-state index contributed by atoms with van der Waals surface area (Å²) in [6.45, 7) is 3.92. The van der Waals surface area contributed by atoms with Gasteiger partial charge < -0.3 is 15.3 Å². The van der Waals surface area contributed by atoms with Crippen LogP contribution in [0.4, 0.5) is 5.69 Å². The number of para-hydroxylation sites is 1. The number of aliphatic hydroxyl groups is 1. The zero-order valence-corrected chi connectivity index (χ0v) is 18.4. The predicted octanol–water partition coefficient (Wildman–Crippen LogP) is 3.52. The van der Waals surface area contributed by atoms with E-state index in [0.717, 1.165) is 29.7 Å². The Morgan fingerprint density at radius 1 is 1.13 bits per heavy atom. The molecule has 0 fully saturated rings. The zero-order valence-electron chi connectivity index (χ0n) is 18.4. The highest BCUT2D eigenvalue weighted by Gasteiger charge is 2.33. The number of unbranched alkanes of at least 4 members (excludes halogenated alkanes) is 1. The van der Waals surface area contributed by atoms with Crippen molar-refractivity contribution >= 4 is 23.2 Å². The van der Waals surface area contributed by atoms with Crippen LogP contribution < -0.4 is 10.2 Å². The van der Waals surface area contributed by atoms with Gasteiger partial charge in [-0.2, -0.15) is 0 Å². The fourth-order valence-corrected chi connectivity index (χ4v) is 3.93. The van der Waals surface area contributed by atoms with E-state index in [2.05, 4.69) is 5.32 Å². The van der Waals surface area contributed by atoms with E-state index in [1.165, 1.54) is 4.90 Å². The van der Waals surface area contributed by atoms with Crippen molar-refractivity contribution in [3.63, 3.8) is 0 Å². The Balaban J connectivity index is 1.96. The van der Waals surface area contributed by atoms with Crippen LogP contribution in [0.1, 0.15) is 50.7 Å². The van der Waals surface area contributed by atoms with Crippen molar-refractivity contribution in [2.75, 3.05) is 11.9 Å². The van der Waals surface area contributed by atoms with Gasteiger partial charge in [0.2, 0.25) is 12.1 Å². The number of rotatable bonds is 8. The molecule has 6 nitrogen and oxygen atoms in total. The first-order valence-corrected chi connectivity index (χ1v) is 11.0. The monoisotopic (exact) mass is 421 g/mol. The highest BCUT2D eigenvalue weighted by molar-refractivity contribution is 6.20. The maximum atomic E-state index is 13.2. The second kappa shape index (κ2) is 10.4.